The van der Waals surface area contributed by atoms with Crippen LogP contribution in [0.4, 0.5) is 0 Å². The highest BCUT2D eigenvalue weighted by molar-refractivity contribution is 4.63. The van der Waals surface area contributed by atoms with Gasteiger partial charge in [-0.2, -0.15) is 0 Å². The van der Waals surface area contributed by atoms with Gasteiger partial charge in [0.25, 0.3) is 0 Å². The third kappa shape index (κ3) is 5.96. The van der Waals surface area contributed by atoms with E-state index in [1.807, 2.05) is 6.42 Å². The molecule has 1 radical (unpaired) electrons. The average Bonchev–Trinajstić information content (AvgIpc) is 1.61. The van der Waals surface area contributed by atoms with Crippen molar-refractivity contribution in [1.82, 2.24) is 0 Å². The molecule has 0 unspecified atom stereocenters. The van der Waals surface area contributed by atoms with E-state index in [0.717, 1.165) is 6.42 Å². The maximum Gasteiger partial charge on any atom is 0.0462 e. The van der Waals surface area contributed by atoms with Crippen molar-refractivity contribution in [2.75, 3.05) is 6.61 Å². The standard InChI is InChI=1S/C6H13O/c1-6(2)4-3-5-7/h3,6-7H,4-5H2,1-2H3. The number of aliphatic hydroxyl groups is 1. The van der Waals surface area contributed by atoms with Crippen molar-refractivity contribution in [3.05, 3.63) is 6.42 Å². The van der Waals surface area contributed by atoms with E-state index in [0.29, 0.717) is 5.92 Å². The smallest absolute Gasteiger partial charge is 0.0462 e. The summed E-state index contributed by atoms with van der Waals surface area (Å²) >= 11 is 0. The van der Waals surface area contributed by atoms with Crippen LogP contribution in [0.5, 0.6) is 0 Å². The lowest BCUT2D eigenvalue weighted by atomic mass is 10.1. The van der Waals surface area contributed by atoms with Crippen LogP contribution in [0, 0.1) is 12.3 Å². The SMILES string of the molecule is CC(C)C[CH]CO. The van der Waals surface area contributed by atoms with Crippen molar-refractivity contribution < 1.29 is 5.11 Å². The first-order valence-electron chi connectivity index (χ1n) is 2.70. The molecule has 0 aromatic heterocycles. The normalized spacial score (nSPS) is 10.3. The van der Waals surface area contributed by atoms with Gasteiger partial charge in [0.05, 0.1) is 0 Å². The van der Waals surface area contributed by atoms with Gasteiger partial charge in [0.15, 0.2) is 0 Å². The van der Waals surface area contributed by atoms with Crippen LogP contribution in [0.25, 0.3) is 0 Å². The molecule has 1 heteroatoms. The summed E-state index contributed by atoms with van der Waals surface area (Å²) in [7, 11) is 0. The van der Waals surface area contributed by atoms with Gasteiger partial charge in [0.1, 0.15) is 0 Å². The molecule has 0 aliphatic heterocycles. The Balaban J connectivity index is 2.68. The van der Waals surface area contributed by atoms with Gasteiger partial charge in [-0.1, -0.05) is 13.8 Å². The van der Waals surface area contributed by atoms with Crippen LogP contribution >= 0.6 is 0 Å². The minimum Gasteiger partial charge on any atom is -0.396 e. The average molecular weight is 101 g/mol. The Kier molecular flexibility index (Phi) is 4.10. The first-order valence-corrected chi connectivity index (χ1v) is 2.70. The Morgan fingerprint density at radius 3 is 2.29 bits per heavy atom. The van der Waals surface area contributed by atoms with E-state index in [1.54, 1.807) is 0 Å². The Bertz CT molecular complexity index is 33.2. The van der Waals surface area contributed by atoms with Crippen LogP contribution < -0.4 is 0 Å². The molecule has 0 saturated carbocycles. The highest BCUT2D eigenvalue weighted by Crippen LogP contribution is 1.99. The maximum absolute atomic E-state index is 8.26. The van der Waals surface area contributed by atoms with Gasteiger partial charge in [-0.3, -0.25) is 0 Å². The van der Waals surface area contributed by atoms with Crippen LogP contribution in [-0.4, -0.2) is 11.7 Å². The Hall–Kier alpha value is -0.0400. The zero-order chi connectivity index (χ0) is 5.70. The molecule has 0 saturated heterocycles. The van der Waals surface area contributed by atoms with Crippen molar-refractivity contribution in [3.8, 4) is 0 Å². The summed E-state index contributed by atoms with van der Waals surface area (Å²) < 4.78 is 0. The van der Waals surface area contributed by atoms with Crippen molar-refractivity contribution in [2.24, 2.45) is 5.92 Å². The minimum atomic E-state index is 0.220. The highest BCUT2D eigenvalue weighted by atomic mass is 16.2. The summed E-state index contributed by atoms with van der Waals surface area (Å²) in [6.45, 7) is 4.48. The molecular weight excluding hydrogens is 88.1 g/mol. The molecule has 0 aromatic rings. The molecule has 0 atom stereocenters. The van der Waals surface area contributed by atoms with E-state index >= 15 is 0 Å². The van der Waals surface area contributed by atoms with E-state index in [1.165, 1.54) is 0 Å². The van der Waals surface area contributed by atoms with Crippen LogP contribution in [-0.2, 0) is 0 Å². The van der Waals surface area contributed by atoms with Crippen molar-refractivity contribution in [2.45, 2.75) is 20.3 Å². The van der Waals surface area contributed by atoms with Gasteiger partial charge < -0.3 is 5.11 Å². The molecular formula is C6H13O. The zero-order valence-electron chi connectivity index (χ0n) is 5.02. The monoisotopic (exact) mass is 101 g/mol. The number of hydrogen-bond donors (Lipinski definition) is 1. The molecule has 0 spiro atoms. The lowest BCUT2D eigenvalue weighted by Crippen LogP contribution is -1.90. The van der Waals surface area contributed by atoms with E-state index in [4.69, 9.17) is 5.11 Å². The van der Waals surface area contributed by atoms with Crippen LogP contribution in [0.2, 0.25) is 0 Å². The quantitative estimate of drug-likeness (QED) is 0.567. The molecule has 1 nitrogen and oxygen atoms in total. The maximum atomic E-state index is 8.26. The van der Waals surface area contributed by atoms with Gasteiger partial charge in [-0.05, 0) is 18.8 Å². The topological polar surface area (TPSA) is 20.2 Å². The molecule has 0 amide bonds. The van der Waals surface area contributed by atoms with Gasteiger partial charge in [0.2, 0.25) is 0 Å². The molecule has 7 heavy (non-hydrogen) atoms. The number of rotatable bonds is 3. The molecule has 0 heterocycles. The second-order valence-electron chi connectivity index (χ2n) is 2.10. The molecule has 43 valence electrons. The van der Waals surface area contributed by atoms with Crippen molar-refractivity contribution in [1.29, 1.82) is 0 Å². The minimum absolute atomic E-state index is 0.220. The van der Waals surface area contributed by atoms with E-state index in [9.17, 15) is 0 Å². The molecule has 0 aliphatic carbocycles. The molecule has 1 N–H and O–H groups in total. The van der Waals surface area contributed by atoms with Crippen molar-refractivity contribution >= 4 is 0 Å². The van der Waals surface area contributed by atoms with Crippen LogP contribution in [0.3, 0.4) is 0 Å². The summed E-state index contributed by atoms with van der Waals surface area (Å²) in [5.41, 5.74) is 0. The third-order valence-electron chi connectivity index (χ3n) is 0.767. The molecule has 0 aromatic carbocycles. The lowest BCUT2D eigenvalue weighted by molar-refractivity contribution is 0.318. The molecule has 0 bridgehead atoms. The number of hydrogen-bond acceptors (Lipinski definition) is 1. The van der Waals surface area contributed by atoms with Gasteiger partial charge >= 0.3 is 0 Å². The summed E-state index contributed by atoms with van der Waals surface area (Å²) in [6.07, 6.45) is 2.90. The van der Waals surface area contributed by atoms with Crippen molar-refractivity contribution in [3.63, 3.8) is 0 Å². The fourth-order valence-corrected chi connectivity index (χ4v) is 0.408. The fraction of sp³-hybridized carbons (Fsp3) is 0.833. The lowest BCUT2D eigenvalue weighted by Gasteiger charge is -1.98. The van der Waals surface area contributed by atoms with Crippen LogP contribution in [0.15, 0.2) is 0 Å². The van der Waals surface area contributed by atoms with E-state index < -0.39 is 0 Å². The highest BCUT2D eigenvalue weighted by Gasteiger charge is 1.89. The summed E-state index contributed by atoms with van der Waals surface area (Å²) in [4.78, 5) is 0. The molecule has 0 aliphatic rings. The summed E-state index contributed by atoms with van der Waals surface area (Å²) in [5, 5.41) is 8.26. The van der Waals surface area contributed by atoms with Gasteiger partial charge in [-0.25, -0.2) is 0 Å². The predicted molar refractivity (Wildman–Crippen MR) is 30.8 cm³/mol. The summed E-state index contributed by atoms with van der Waals surface area (Å²) in [5.74, 6) is 0.687. The molecule has 0 rings (SSSR count). The Morgan fingerprint density at radius 1 is 1.57 bits per heavy atom. The third-order valence-corrected chi connectivity index (χ3v) is 0.767. The van der Waals surface area contributed by atoms with Crippen LogP contribution in [0.1, 0.15) is 20.3 Å². The first kappa shape index (κ1) is 6.96. The zero-order valence-corrected chi connectivity index (χ0v) is 5.02. The second-order valence-corrected chi connectivity index (χ2v) is 2.10. The Morgan fingerprint density at radius 2 is 2.14 bits per heavy atom. The van der Waals surface area contributed by atoms with E-state index in [2.05, 4.69) is 13.8 Å². The predicted octanol–water partition coefficient (Wildman–Crippen LogP) is 1.23. The fourth-order valence-electron chi connectivity index (χ4n) is 0.408. The number of aliphatic hydroxyl groups excluding tert-OH is 1. The Labute approximate surface area is 45.4 Å². The molecule has 0 fully saturated rings. The van der Waals surface area contributed by atoms with Gasteiger partial charge in [-0.15, -0.1) is 0 Å². The van der Waals surface area contributed by atoms with Gasteiger partial charge in [0, 0.05) is 6.61 Å². The first-order chi connectivity index (χ1) is 3.27. The van der Waals surface area contributed by atoms with E-state index in [-0.39, 0.29) is 6.61 Å². The largest absolute Gasteiger partial charge is 0.396 e. The summed E-state index contributed by atoms with van der Waals surface area (Å²) in [6, 6.07) is 0. The second kappa shape index (κ2) is 4.13.